The molecule has 0 saturated heterocycles. The first-order valence-electron chi connectivity index (χ1n) is 5.92. The van der Waals surface area contributed by atoms with Crippen molar-refractivity contribution in [2.45, 2.75) is 11.8 Å². The van der Waals surface area contributed by atoms with E-state index < -0.39 is 0 Å². The molecular weight excluding hydrogens is 242 g/mol. The lowest BCUT2D eigenvalue weighted by Crippen LogP contribution is -2.02. The monoisotopic (exact) mass is 259 g/mol. The molecule has 0 amide bonds. The van der Waals surface area contributed by atoms with Gasteiger partial charge in [0.2, 0.25) is 0 Å². The van der Waals surface area contributed by atoms with Gasteiger partial charge in [0.25, 0.3) is 0 Å². The van der Waals surface area contributed by atoms with Gasteiger partial charge in [0.15, 0.2) is 0 Å². The fourth-order valence-electron chi connectivity index (χ4n) is 1.60. The maximum absolute atomic E-state index is 5.74. The molecule has 2 rings (SSSR count). The Balaban J connectivity index is 1.80. The Morgan fingerprint density at radius 2 is 1.89 bits per heavy atom. The van der Waals surface area contributed by atoms with E-state index in [1.165, 1.54) is 4.90 Å². The zero-order chi connectivity index (χ0) is 12.8. The minimum atomic E-state index is 0.684. The summed E-state index contributed by atoms with van der Waals surface area (Å²) in [5, 5.41) is 0. The third kappa shape index (κ3) is 3.70. The van der Waals surface area contributed by atoms with E-state index in [4.69, 9.17) is 10.5 Å². The van der Waals surface area contributed by atoms with E-state index in [0.717, 1.165) is 22.8 Å². The highest BCUT2D eigenvalue weighted by Crippen LogP contribution is 2.22. The fraction of sp³-hybridized carbons (Fsp3) is 0.200. The van der Waals surface area contributed by atoms with Crippen molar-refractivity contribution in [1.82, 2.24) is 0 Å². The van der Waals surface area contributed by atoms with E-state index in [1.807, 2.05) is 43.3 Å². The molecule has 0 heterocycles. The van der Waals surface area contributed by atoms with Crippen LogP contribution in [-0.2, 0) is 0 Å². The van der Waals surface area contributed by atoms with Gasteiger partial charge in [-0.3, -0.25) is 0 Å². The summed E-state index contributed by atoms with van der Waals surface area (Å²) in [5.74, 6) is 1.81. The molecule has 2 aromatic carbocycles. The molecule has 0 bridgehead atoms. The molecule has 0 saturated carbocycles. The van der Waals surface area contributed by atoms with Crippen LogP contribution in [0.2, 0.25) is 0 Å². The zero-order valence-corrected chi connectivity index (χ0v) is 11.2. The molecule has 0 aliphatic rings. The van der Waals surface area contributed by atoms with Crippen molar-refractivity contribution in [3.8, 4) is 5.75 Å². The highest BCUT2D eigenvalue weighted by molar-refractivity contribution is 7.99. The van der Waals surface area contributed by atoms with Crippen LogP contribution >= 0.6 is 11.8 Å². The Morgan fingerprint density at radius 3 is 2.67 bits per heavy atom. The molecule has 2 aromatic rings. The highest BCUT2D eigenvalue weighted by Gasteiger charge is 2.00. The van der Waals surface area contributed by atoms with E-state index in [9.17, 15) is 0 Å². The van der Waals surface area contributed by atoms with E-state index >= 15 is 0 Å². The number of nitrogens with two attached hydrogens (primary N) is 1. The Morgan fingerprint density at radius 1 is 1.11 bits per heavy atom. The summed E-state index contributed by atoms with van der Waals surface area (Å²) in [6.45, 7) is 2.71. The van der Waals surface area contributed by atoms with E-state index in [-0.39, 0.29) is 0 Å². The molecule has 0 spiro atoms. The van der Waals surface area contributed by atoms with Gasteiger partial charge in [-0.25, -0.2) is 0 Å². The van der Waals surface area contributed by atoms with Crippen molar-refractivity contribution in [1.29, 1.82) is 0 Å². The Kier molecular flexibility index (Phi) is 4.53. The summed E-state index contributed by atoms with van der Waals surface area (Å²) in [5.41, 5.74) is 7.60. The average molecular weight is 259 g/mol. The van der Waals surface area contributed by atoms with E-state index in [0.29, 0.717) is 6.61 Å². The Hall–Kier alpha value is -1.61. The smallest absolute Gasteiger partial charge is 0.124 e. The van der Waals surface area contributed by atoms with Gasteiger partial charge < -0.3 is 10.5 Å². The quantitative estimate of drug-likeness (QED) is 0.504. The number of anilines is 1. The van der Waals surface area contributed by atoms with Crippen LogP contribution in [0.5, 0.6) is 5.75 Å². The Labute approximate surface area is 112 Å². The van der Waals surface area contributed by atoms with Crippen LogP contribution in [0.3, 0.4) is 0 Å². The van der Waals surface area contributed by atoms with Crippen LogP contribution in [0.1, 0.15) is 5.56 Å². The van der Waals surface area contributed by atoms with Gasteiger partial charge in [-0.1, -0.05) is 24.3 Å². The molecule has 0 aliphatic heterocycles. The predicted molar refractivity (Wildman–Crippen MR) is 78.3 cm³/mol. The summed E-state index contributed by atoms with van der Waals surface area (Å²) in [6, 6.07) is 16.1. The summed E-state index contributed by atoms with van der Waals surface area (Å²) in [4.78, 5) is 1.27. The van der Waals surface area contributed by atoms with Gasteiger partial charge in [0.1, 0.15) is 5.75 Å². The van der Waals surface area contributed by atoms with Crippen LogP contribution in [0.4, 0.5) is 5.69 Å². The largest absolute Gasteiger partial charge is 0.492 e. The molecular formula is C15H17NOS. The minimum absolute atomic E-state index is 0.684. The first-order valence-corrected chi connectivity index (χ1v) is 6.91. The molecule has 0 atom stereocenters. The number of hydrogen-bond donors (Lipinski definition) is 1. The molecule has 0 radical (unpaired) electrons. The van der Waals surface area contributed by atoms with Crippen molar-refractivity contribution in [2.75, 3.05) is 18.1 Å². The molecule has 0 aliphatic carbocycles. The number of thioether (sulfide) groups is 1. The van der Waals surface area contributed by atoms with Gasteiger partial charge in [-0.15, -0.1) is 11.8 Å². The summed E-state index contributed by atoms with van der Waals surface area (Å²) in [7, 11) is 0. The molecule has 94 valence electrons. The normalized spacial score (nSPS) is 10.3. The van der Waals surface area contributed by atoms with Crippen molar-refractivity contribution in [2.24, 2.45) is 0 Å². The number of rotatable bonds is 5. The third-order valence-electron chi connectivity index (χ3n) is 2.57. The first kappa shape index (κ1) is 12.8. The second kappa shape index (κ2) is 6.36. The molecule has 18 heavy (non-hydrogen) atoms. The summed E-state index contributed by atoms with van der Waals surface area (Å²) < 4.78 is 5.74. The number of nitrogen functional groups attached to an aromatic ring is 1. The highest BCUT2D eigenvalue weighted by atomic mass is 32.2. The maximum Gasteiger partial charge on any atom is 0.124 e. The predicted octanol–water partition coefficient (Wildman–Crippen LogP) is 3.75. The van der Waals surface area contributed by atoms with Crippen LogP contribution in [-0.4, -0.2) is 12.4 Å². The Bertz CT molecular complexity index is 499. The first-order chi connectivity index (χ1) is 8.75. The number of benzene rings is 2. The number of ether oxygens (including phenoxy) is 1. The van der Waals surface area contributed by atoms with Crippen molar-refractivity contribution < 1.29 is 4.74 Å². The lowest BCUT2D eigenvalue weighted by molar-refractivity contribution is 0.342. The fourth-order valence-corrected chi connectivity index (χ4v) is 2.35. The average Bonchev–Trinajstić information content (AvgIpc) is 2.40. The van der Waals surface area contributed by atoms with Gasteiger partial charge in [0.05, 0.1) is 6.61 Å². The molecule has 0 aromatic heterocycles. The second-order valence-electron chi connectivity index (χ2n) is 4.03. The van der Waals surface area contributed by atoms with Crippen LogP contribution < -0.4 is 10.5 Å². The van der Waals surface area contributed by atoms with Gasteiger partial charge >= 0.3 is 0 Å². The number of hydrogen-bond acceptors (Lipinski definition) is 3. The van der Waals surface area contributed by atoms with Crippen LogP contribution in [0.15, 0.2) is 53.4 Å². The van der Waals surface area contributed by atoms with Crippen molar-refractivity contribution >= 4 is 17.4 Å². The van der Waals surface area contributed by atoms with Crippen molar-refractivity contribution in [3.05, 3.63) is 54.1 Å². The zero-order valence-electron chi connectivity index (χ0n) is 10.4. The molecule has 0 unspecified atom stereocenters. The van der Waals surface area contributed by atoms with Gasteiger partial charge in [0, 0.05) is 22.4 Å². The minimum Gasteiger partial charge on any atom is -0.492 e. The lowest BCUT2D eigenvalue weighted by atomic mass is 10.2. The molecule has 2 N–H and O–H groups in total. The molecule has 3 heteroatoms. The second-order valence-corrected chi connectivity index (χ2v) is 5.20. The summed E-state index contributed by atoms with van der Waals surface area (Å²) in [6.07, 6.45) is 0. The topological polar surface area (TPSA) is 35.2 Å². The van der Waals surface area contributed by atoms with Crippen molar-refractivity contribution in [3.63, 3.8) is 0 Å². The lowest BCUT2D eigenvalue weighted by Gasteiger charge is -2.09. The third-order valence-corrected chi connectivity index (χ3v) is 3.54. The van der Waals surface area contributed by atoms with Crippen LogP contribution in [0.25, 0.3) is 0 Å². The maximum atomic E-state index is 5.74. The number of aryl methyl sites for hydroxylation is 1. The molecule has 2 nitrogen and oxygen atoms in total. The van der Waals surface area contributed by atoms with Gasteiger partial charge in [-0.05, 0) is 30.7 Å². The summed E-state index contributed by atoms with van der Waals surface area (Å²) >= 11 is 1.79. The SMILES string of the molecule is Cc1ccc(N)cc1OCCSc1ccccc1. The molecule has 0 fully saturated rings. The van der Waals surface area contributed by atoms with E-state index in [1.54, 1.807) is 11.8 Å². The van der Waals surface area contributed by atoms with Gasteiger partial charge in [-0.2, -0.15) is 0 Å². The van der Waals surface area contributed by atoms with E-state index in [2.05, 4.69) is 12.1 Å². The van der Waals surface area contributed by atoms with Crippen LogP contribution in [0, 0.1) is 6.92 Å². The standard InChI is InChI=1S/C15H17NOS/c1-12-7-8-13(16)11-15(12)17-9-10-18-14-5-3-2-4-6-14/h2-8,11H,9-10,16H2,1H3.